The number of nitrogens with one attached hydrogen (secondary N) is 1. The Morgan fingerprint density at radius 1 is 1.27 bits per heavy atom. The maximum Gasteiger partial charge on any atom is 0.258 e. The van der Waals surface area contributed by atoms with Crippen LogP contribution in [0.1, 0.15) is 32.4 Å². The van der Waals surface area contributed by atoms with Gasteiger partial charge in [-0.3, -0.25) is 9.20 Å². The van der Waals surface area contributed by atoms with Crippen molar-refractivity contribution in [2.75, 3.05) is 18.0 Å². The monoisotopic (exact) mass is 300 g/mol. The van der Waals surface area contributed by atoms with E-state index in [1.807, 2.05) is 19.2 Å². The third kappa shape index (κ3) is 3.14. The second-order valence-corrected chi connectivity index (χ2v) is 6.43. The predicted octanol–water partition coefficient (Wildman–Crippen LogP) is 1.97. The molecule has 5 heteroatoms. The van der Waals surface area contributed by atoms with E-state index in [-0.39, 0.29) is 5.56 Å². The summed E-state index contributed by atoms with van der Waals surface area (Å²) in [5.74, 6) is 0. The second-order valence-electron chi connectivity index (χ2n) is 6.43. The Morgan fingerprint density at radius 2 is 2.00 bits per heavy atom. The summed E-state index contributed by atoms with van der Waals surface area (Å²) in [7, 11) is 0. The molecule has 1 N–H and O–H groups in total. The minimum absolute atomic E-state index is 0.0132. The minimum atomic E-state index is -0.0132. The Bertz CT molecular complexity index is 714. The van der Waals surface area contributed by atoms with Crippen LogP contribution in [0.2, 0.25) is 0 Å². The van der Waals surface area contributed by atoms with E-state index in [0.717, 1.165) is 37.3 Å². The third-order valence-corrected chi connectivity index (χ3v) is 4.20. The quantitative estimate of drug-likeness (QED) is 0.941. The molecular formula is C17H24N4O. The number of anilines is 1. The molecule has 0 amide bonds. The highest BCUT2D eigenvalue weighted by atomic mass is 16.1. The number of aryl methyl sites for hydroxylation is 1. The standard InChI is InChI=1S/C17H24N4O/c1-12(2)18-14-6-8-20(9-7-14)15-4-5-16-19-13(3)10-17(22)21(16)11-15/h4-5,10-12,14,18H,6-9H2,1-3H3. The van der Waals surface area contributed by atoms with Gasteiger partial charge in [-0.15, -0.1) is 0 Å². The van der Waals surface area contributed by atoms with Crippen molar-refractivity contribution in [2.24, 2.45) is 0 Å². The van der Waals surface area contributed by atoms with E-state index in [2.05, 4.69) is 35.1 Å². The van der Waals surface area contributed by atoms with Crippen LogP contribution >= 0.6 is 0 Å². The molecule has 22 heavy (non-hydrogen) atoms. The lowest BCUT2D eigenvalue weighted by Crippen LogP contribution is -2.44. The van der Waals surface area contributed by atoms with Crippen LogP contribution in [-0.4, -0.2) is 34.6 Å². The number of pyridine rings is 1. The molecule has 0 atom stereocenters. The van der Waals surface area contributed by atoms with Crippen LogP contribution in [0.15, 0.2) is 29.2 Å². The van der Waals surface area contributed by atoms with E-state index < -0.39 is 0 Å². The molecule has 0 saturated carbocycles. The largest absolute Gasteiger partial charge is 0.370 e. The van der Waals surface area contributed by atoms with Crippen molar-refractivity contribution in [1.29, 1.82) is 0 Å². The SMILES string of the molecule is Cc1cc(=O)n2cc(N3CCC(NC(C)C)CC3)ccc2n1. The van der Waals surface area contributed by atoms with E-state index in [1.54, 1.807) is 10.5 Å². The summed E-state index contributed by atoms with van der Waals surface area (Å²) in [6, 6.07) is 6.71. The molecular weight excluding hydrogens is 276 g/mol. The Morgan fingerprint density at radius 3 is 2.68 bits per heavy atom. The van der Waals surface area contributed by atoms with Crippen molar-refractivity contribution in [2.45, 2.75) is 45.7 Å². The molecule has 1 aliphatic rings. The summed E-state index contributed by atoms with van der Waals surface area (Å²) < 4.78 is 1.64. The Hall–Kier alpha value is -1.88. The first-order valence-electron chi connectivity index (χ1n) is 8.04. The number of rotatable bonds is 3. The number of nitrogens with zero attached hydrogens (tertiary/aromatic N) is 3. The number of piperidine rings is 1. The van der Waals surface area contributed by atoms with Crippen LogP contribution in [0.4, 0.5) is 5.69 Å². The molecule has 1 aliphatic heterocycles. The molecule has 3 rings (SSSR count). The summed E-state index contributed by atoms with van der Waals surface area (Å²) >= 11 is 0. The number of hydrogen-bond acceptors (Lipinski definition) is 4. The molecule has 1 saturated heterocycles. The first-order valence-corrected chi connectivity index (χ1v) is 8.04. The fourth-order valence-electron chi connectivity index (χ4n) is 3.17. The summed E-state index contributed by atoms with van der Waals surface area (Å²) in [5.41, 5.74) is 2.56. The first kappa shape index (κ1) is 15.0. The van der Waals surface area contributed by atoms with Crippen LogP contribution in [0, 0.1) is 6.92 Å². The summed E-state index contributed by atoms with van der Waals surface area (Å²) in [5, 5.41) is 3.61. The fourth-order valence-corrected chi connectivity index (χ4v) is 3.17. The Kier molecular flexibility index (Phi) is 4.16. The van der Waals surface area contributed by atoms with Gasteiger partial charge in [0.05, 0.1) is 5.69 Å². The highest BCUT2D eigenvalue weighted by Crippen LogP contribution is 2.20. The summed E-state index contributed by atoms with van der Waals surface area (Å²) in [6.45, 7) is 8.27. The van der Waals surface area contributed by atoms with Gasteiger partial charge in [-0.2, -0.15) is 0 Å². The molecule has 0 spiro atoms. The normalized spacial score (nSPS) is 16.6. The van der Waals surface area contributed by atoms with Crippen molar-refractivity contribution in [3.8, 4) is 0 Å². The van der Waals surface area contributed by atoms with Gasteiger partial charge in [-0.1, -0.05) is 13.8 Å². The molecule has 5 nitrogen and oxygen atoms in total. The lowest BCUT2D eigenvalue weighted by molar-refractivity contribution is 0.387. The Labute approximate surface area is 131 Å². The van der Waals surface area contributed by atoms with Crippen LogP contribution in [-0.2, 0) is 0 Å². The highest BCUT2D eigenvalue weighted by Gasteiger charge is 2.20. The molecule has 0 aliphatic carbocycles. The van der Waals surface area contributed by atoms with Gasteiger partial charge in [0.15, 0.2) is 0 Å². The zero-order valence-corrected chi connectivity index (χ0v) is 13.5. The van der Waals surface area contributed by atoms with Crippen molar-refractivity contribution in [3.05, 3.63) is 40.4 Å². The van der Waals surface area contributed by atoms with Gasteiger partial charge >= 0.3 is 0 Å². The molecule has 0 aromatic carbocycles. The van der Waals surface area contributed by atoms with Gasteiger partial charge in [-0.05, 0) is 31.9 Å². The van der Waals surface area contributed by atoms with Crippen molar-refractivity contribution < 1.29 is 0 Å². The highest BCUT2D eigenvalue weighted by molar-refractivity contribution is 5.52. The van der Waals surface area contributed by atoms with Crippen LogP contribution in [0.5, 0.6) is 0 Å². The van der Waals surface area contributed by atoms with E-state index in [0.29, 0.717) is 17.7 Å². The number of hydrogen-bond donors (Lipinski definition) is 1. The van der Waals surface area contributed by atoms with Gasteiger partial charge in [0.2, 0.25) is 0 Å². The maximum absolute atomic E-state index is 12.1. The molecule has 0 bridgehead atoms. The van der Waals surface area contributed by atoms with Gasteiger partial charge < -0.3 is 10.2 Å². The average Bonchev–Trinajstić information content (AvgIpc) is 2.47. The van der Waals surface area contributed by atoms with Gasteiger partial charge in [0.1, 0.15) is 5.65 Å². The van der Waals surface area contributed by atoms with Gasteiger partial charge in [-0.25, -0.2) is 4.98 Å². The van der Waals surface area contributed by atoms with E-state index in [1.165, 1.54) is 0 Å². The van der Waals surface area contributed by atoms with Crippen LogP contribution in [0.3, 0.4) is 0 Å². The fraction of sp³-hybridized carbons (Fsp3) is 0.529. The Balaban J connectivity index is 1.79. The molecule has 3 heterocycles. The molecule has 2 aromatic rings. The van der Waals surface area contributed by atoms with Gasteiger partial charge in [0.25, 0.3) is 5.56 Å². The first-order chi connectivity index (χ1) is 10.5. The van der Waals surface area contributed by atoms with E-state index in [9.17, 15) is 4.79 Å². The zero-order chi connectivity index (χ0) is 15.7. The van der Waals surface area contributed by atoms with Crippen molar-refractivity contribution >= 4 is 11.3 Å². The maximum atomic E-state index is 12.1. The van der Waals surface area contributed by atoms with Crippen LogP contribution < -0.4 is 15.8 Å². The third-order valence-electron chi connectivity index (χ3n) is 4.20. The number of fused-ring (bicyclic) bond motifs is 1. The van der Waals surface area contributed by atoms with Crippen molar-refractivity contribution in [3.63, 3.8) is 0 Å². The summed E-state index contributed by atoms with van der Waals surface area (Å²) in [4.78, 5) is 18.9. The molecule has 2 aromatic heterocycles. The smallest absolute Gasteiger partial charge is 0.258 e. The lowest BCUT2D eigenvalue weighted by atomic mass is 10.0. The average molecular weight is 300 g/mol. The van der Waals surface area contributed by atoms with Gasteiger partial charge in [0, 0.05) is 43.1 Å². The molecule has 118 valence electrons. The second kappa shape index (κ2) is 6.08. The predicted molar refractivity (Wildman–Crippen MR) is 89.7 cm³/mol. The zero-order valence-electron chi connectivity index (χ0n) is 13.5. The molecule has 0 radical (unpaired) electrons. The molecule has 0 unspecified atom stereocenters. The lowest BCUT2D eigenvalue weighted by Gasteiger charge is -2.34. The number of aromatic nitrogens is 2. The van der Waals surface area contributed by atoms with Crippen molar-refractivity contribution in [1.82, 2.24) is 14.7 Å². The minimum Gasteiger partial charge on any atom is -0.370 e. The summed E-state index contributed by atoms with van der Waals surface area (Å²) in [6.07, 6.45) is 4.19. The van der Waals surface area contributed by atoms with Crippen LogP contribution in [0.25, 0.3) is 5.65 Å². The molecule has 1 fully saturated rings. The van der Waals surface area contributed by atoms with E-state index in [4.69, 9.17) is 0 Å². The van der Waals surface area contributed by atoms with E-state index >= 15 is 0 Å². The topological polar surface area (TPSA) is 49.6 Å².